The Morgan fingerprint density at radius 1 is 0.382 bits per heavy atom. The first-order chi connectivity index (χ1) is 27.3. The molecule has 0 saturated carbocycles. The number of fused-ring (bicyclic) bond motifs is 9. The van der Waals surface area contributed by atoms with Crippen molar-refractivity contribution < 1.29 is 0 Å². The third-order valence-electron chi connectivity index (χ3n) is 11.5. The lowest BCUT2D eigenvalue weighted by molar-refractivity contribution is 1.03. The Kier molecular flexibility index (Phi) is 6.60. The van der Waals surface area contributed by atoms with Gasteiger partial charge in [0.2, 0.25) is 0 Å². The lowest BCUT2D eigenvalue weighted by atomic mass is 9.92. The van der Waals surface area contributed by atoms with Gasteiger partial charge in [0.05, 0.1) is 16.7 Å². The number of rotatable bonds is 4. The van der Waals surface area contributed by atoms with Crippen LogP contribution < -0.4 is 0 Å². The van der Waals surface area contributed by atoms with Crippen molar-refractivity contribution in [1.82, 2.24) is 9.13 Å². The fourth-order valence-electron chi connectivity index (χ4n) is 9.14. The van der Waals surface area contributed by atoms with Gasteiger partial charge in [-0.1, -0.05) is 169 Å². The van der Waals surface area contributed by atoms with E-state index in [2.05, 4.69) is 203 Å². The number of hydrogen-bond acceptors (Lipinski definition) is 1. The summed E-state index contributed by atoms with van der Waals surface area (Å²) < 4.78 is 5.06. The summed E-state index contributed by atoms with van der Waals surface area (Å²) in [6.45, 7) is 0. The van der Waals surface area contributed by atoms with Crippen LogP contribution in [-0.4, -0.2) is 9.13 Å². The molecule has 0 spiro atoms. The summed E-state index contributed by atoms with van der Waals surface area (Å²) in [4.78, 5) is 2.55. The van der Waals surface area contributed by atoms with Crippen molar-refractivity contribution in [2.75, 3.05) is 0 Å². The smallest absolute Gasteiger partial charge is 0.131 e. The number of para-hydroxylation sites is 2. The molecule has 12 rings (SSSR count). The summed E-state index contributed by atoms with van der Waals surface area (Å²) in [6, 6.07) is 71.3. The quantitative estimate of drug-likeness (QED) is 0.176. The van der Waals surface area contributed by atoms with E-state index in [9.17, 15) is 0 Å². The van der Waals surface area contributed by atoms with Gasteiger partial charge in [-0.05, 0) is 91.3 Å². The van der Waals surface area contributed by atoms with Gasteiger partial charge in [-0.15, -0.1) is 0 Å². The van der Waals surface area contributed by atoms with Crippen LogP contribution in [-0.2, 0) is 0 Å². The second-order valence-corrected chi connectivity index (χ2v) is 15.5. The highest BCUT2D eigenvalue weighted by molar-refractivity contribution is 8.00. The van der Waals surface area contributed by atoms with E-state index in [1.165, 1.54) is 103 Å². The highest BCUT2D eigenvalue weighted by Crippen LogP contribution is 2.53. The van der Waals surface area contributed by atoms with Gasteiger partial charge in [-0.3, -0.25) is 9.13 Å². The summed E-state index contributed by atoms with van der Waals surface area (Å²) >= 11 is 1.90. The monoisotopic (exact) mass is 716 g/mol. The van der Waals surface area contributed by atoms with Crippen LogP contribution in [0.2, 0.25) is 0 Å². The fraction of sp³-hybridized carbons (Fsp3) is 0. The van der Waals surface area contributed by atoms with E-state index in [-0.39, 0.29) is 0 Å². The lowest BCUT2D eigenvalue weighted by Gasteiger charge is -2.24. The van der Waals surface area contributed by atoms with Crippen molar-refractivity contribution in [3.63, 3.8) is 0 Å². The molecule has 0 bridgehead atoms. The molecule has 3 heteroatoms. The van der Waals surface area contributed by atoms with Gasteiger partial charge >= 0.3 is 0 Å². The molecule has 256 valence electrons. The zero-order valence-corrected chi connectivity index (χ0v) is 30.6. The lowest BCUT2D eigenvalue weighted by Crippen LogP contribution is -2.06. The Morgan fingerprint density at radius 2 is 1.05 bits per heavy atom. The topological polar surface area (TPSA) is 9.86 Å². The number of aromatic nitrogens is 2. The maximum absolute atomic E-state index is 2.56. The first kappa shape index (κ1) is 30.6. The minimum absolute atomic E-state index is 1.15. The van der Waals surface area contributed by atoms with E-state index in [1.807, 2.05) is 11.8 Å². The maximum Gasteiger partial charge on any atom is 0.131 e. The maximum atomic E-state index is 2.56. The molecule has 0 atom stereocenters. The van der Waals surface area contributed by atoms with Gasteiger partial charge in [0.1, 0.15) is 5.65 Å². The Hall–Kier alpha value is -6.81. The number of hydrogen-bond donors (Lipinski definition) is 0. The average molecular weight is 717 g/mol. The first-order valence-corrected chi connectivity index (χ1v) is 19.7. The average Bonchev–Trinajstić information content (AvgIpc) is 3.78. The molecule has 3 heterocycles. The number of nitrogens with zero attached hydrogens (tertiary/aromatic N) is 2. The Balaban J connectivity index is 1.18. The van der Waals surface area contributed by atoms with Crippen molar-refractivity contribution in [2.45, 2.75) is 9.79 Å². The second kappa shape index (κ2) is 11.8. The van der Waals surface area contributed by atoms with Crippen LogP contribution in [0.25, 0.3) is 99.1 Å². The highest BCUT2D eigenvalue weighted by atomic mass is 32.2. The standard InChI is InChI=1S/C52H32N2S/c1-3-15-34(16-4-1)38-30-31-42(41-21-10-9-20-40(38)41)43-23-12-26-46-51(43)55-47-27-13-24-44-49-48-39(36-29-28-33-14-7-8-17-35(33)32-36)22-11-25-45(48)53(37-18-5-2-6-19-37)52(49)54(46)50(44)47/h1-32H. The molecule has 11 aromatic rings. The van der Waals surface area contributed by atoms with Crippen LogP contribution >= 0.6 is 11.8 Å². The molecule has 1 aliphatic heterocycles. The summed E-state index contributed by atoms with van der Waals surface area (Å²) in [5.41, 5.74) is 13.5. The Morgan fingerprint density at radius 3 is 1.91 bits per heavy atom. The molecular formula is C52H32N2S. The van der Waals surface area contributed by atoms with E-state index in [4.69, 9.17) is 0 Å². The highest BCUT2D eigenvalue weighted by Gasteiger charge is 2.30. The molecular weight excluding hydrogens is 685 g/mol. The third kappa shape index (κ3) is 4.45. The molecule has 1 aliphatic rings. The molecule has 0 saturated heterocycles. The molecule has 2 nitrogen and oxygen atoms in total. The minimum atomic E-state index is 1.15. The Labute approximate surface area is 322 Å². The predicted molar refractivity (Wildman–Crippen MR) is 233 cm³/mol. The van der Waals surface area contributed by atoms with Crippen LogP contribution in [0.5, 0.6) is 0 Å². The summed E-state index contributed by atoms with van der Waals surface area (Å²) in [5.74, 6) is 0. The number of benzene rings is 9. The van der Waals surface area contributed by atoms with E-state index >= 15 is 0 Å². The van der Waals surface area contributed by atoms with Crippen LogP contribution in [0.3, 0.4) is 0 Å². The van der Waals surface area contributed by atoms with Gasteiger partial charge in [0.25, 0.3) is 0 Å². The van der Waals surface area contributed by atoms with Crippen molar-refractivity contribution in [1.29, 1.82) is 0 Å². The minimum Gasteiger partial charge on any atom is -0.295 e. The van der Waals surface area contributed by atoms with Crippen molar-refractivity contribution in [3.8, 4) is 44.8 Å². The molecule has 0 unspecified atom stereocenters. The molecule has 0 amide bonds. The zero-order valence-electron chi connectivity index (χ0n) is 29.8. The molecule has 55 heavy (non-hydrogen) atoms. The zero-order chi connectivity index (χ0) is 36.0. The van der Waals surface area contributed by atoms with Crippen LogP contribution in [0.1, 0.15) is 0 Å². The molecule has 0 fully saturated rings. The third-order valence-corrected chi connectivity index (χ3v) is 12.7. The second-order valence-electron chi connectivity index (χ2n) is 14.4. The van der Waals surface area contributed by atoms with Crippen molar-refractivity contribution in [3.05, 3.63) is 194 Å². The van der Waals surface area contributed by atoms with Crippen LogP contribution in [0.15, 0.2) is 204 Å². The van der Waals surface area contributed by atoms with E-state index in [0.29, 0.717) is 0 Å². The van der Waals surface area contributed by atoms with Gasteiger partial charge in [-0.2, -0.15) is 0 Å². The van der Waals surface area contributed by atoms with Crippen LogP contribution in [0.4, 0.5) is 0 Å². The molecule has 2 aromatic heterocycles. The van der Waals surface area contributed by atoms with Gasteiger partial charge < -0.3 is 0 Å². The Bertz CT molecular complexity index is 3330. The van der Waals surface area contributed by atoms with E-state index in [1.54, 1.807) is 0 Å². The molecule has 0 aliphatic carbocycles. The van der Waals surface area contributed by atoms with Gasteiger partial charge in [-0.25, -0.2) is 0 Å². The van der Waals surface area contributed by atoms with Crippen molar-refractivity contribution >= 4 is 66.1 Å². The van der Waals surface area contributed by atoms with Gasteiger partial charge in [0, 0.05) is 31.6 Å². The van der Waals surface area contributed by atoms with Crippen molar-refractivity contribution in [2.24, 2.45) is 0 Å². The SMILES string of the molecule is c1ccc(-c2ccc(-c3cccc4c3Sc3cccc5c6c7c(-c8ccc9ccccc9c8)cccc7n(-c7ccccc7)c6n-4c35)c3ccccc23)cc1. The molecule has 9 aromatic carbocycles. The largest absolute Gasteiger partial charge is 0.295 e. The molecule has 0 radical (unpaired) electrons. The molecule has 0 N–H and O–H groups in total. The first-order valence-electron chi connectivity index (χ1n) is 18.9. The predicted octanol–water partition coefficient (Wildman–Crippen LogP) is 14.5. The summed E-state index contributed by atoms with van der Waals surface area (Å²) in [6.07, 6.45) is 0. The summed E-state index contributed by atoms with van der Waals surface area (Å²) in [7, 11) is 0. The fourth-order valence-corrected chi connectivity index (χ4v) is 10.4. The van der Waals surface area contributed by atoms with Crippen LogP contribution in [0, 0.1) is 0 Å². The summed E-state index contributed by atoms with van der Waals surface area (Å²) in [5, 5.41) is 8.88. The van der Waals surface area contributed by atoms with E-state index < -0.39 is 0 Å². The van der Waals surface area contributed by atoms with E-state index in [0.717, 1.165) is 5.69 Å². The van der Waals surface area contributed by atoms with Gasteiger partial charge in [0.15, 0.2) is 0 Å². The normalized spacial score (nSPS) is 12.3.